The van der Waals surface area contributed by atoms with Crippen molar-refractivity contribution in [2.45, 2.75) is 52.3 Å². The molecule has 0 aliphatic heterocycles. The zero-order valence-electron chi connectivity index (χ0n) is 13.3. The number of methoxy groups -OCH3 is 1. The molecule has 0 fully saturated rings. The average Bonchev–Trinajstić information content (AvgIpc) is 2.36. The molecule has 0 saturated carbocycles. The molecule has 0 aliphatic carbocycles. The van der Waals surface area contributed by atoms with Crippen molar-refractivity contribution >= 4 is 0 Å². The highest BCUT2D eigenvalue weighted by atomic mass is 19.4. The van der Waals surface area contributed by atoms with E-state index in [4.69, 9.17) is 4.74 Å². The van der Waals surface area contributed by atoms with Crippen LogP contribution in [0.2, 0.25) is 0 Å². The molecule has 0 aliphatic rings. The van der Waals surface area contributed by atoms with E-state index in [1.165, 1.54) is 19.2 Å². The van der Waals surface area contributed by atoms with E-state index in [2.05, 4.69) is 5.32 Å². The Hall–Kier alpha value is -1.23. The maximum atomic E-state index is 13.3. The van der Waals surface area contributed by atoms with Crippen LogP contribution >= 0.6 is 0 Å². The molecule has 0 heterocycles. The molecule has 0 saturated heterocycles. The number of benzene rings is 1. The molecule has 21 heavy (non-hydrogen) atoms. The Labute approximate surface area is 124 Å². The Morgan fingerprint density at radius 1 is 1.10 bits per heavy atom. The van der Waals surface area contributed by atoms with Gasteiger partial charge in [-0.05, 0) is 36.1 Å². The van der Waals surface area contributed by atoms with E-state index in [9.17, 15) is 13.2 Å². The third-order valence-electron chi connectivity index (χ3n) is 3.28. The molecule has 5 heteroatoms. The second-order valence-corrected chi connectivity index (χ2v) is 6.13. The van der Waals surface area contributed by atoms with Gasteiger partial charge in [0, 0.05) is 12.1 Å². The molecule has 0 radical (unpaired) electrons. The van der Waals surface area contributed by atoms with Gasteiger partial charge < -0.3 is 10.1 Å². The normalized spacial score (nSPS) is 12.6. The first-order valence-corrected chi connectivity index (χ1v) is 7.10. The lowest BCUT2D eigenvalue weighted by Gasteiger charge is -2.26. The first kappa shape index (κ1) is 17.8. The van der Waals surface area contributed by atoms with Crippen molar-refractivity contribution in [2.75, 3.05) is 13.7 Å². The van der Waals surface area contributed by atoms with Gasteiger partial charge in [-0.25, -0.2) is 0 Å². The van der Waals surface area contributed by atoms with Gasteiger partial charge in [0.05, 0.1) is 12.7 Å². The van der Waals surface area contributed by atoms with Crippen LogP contribution in [0, 0.1) is 0 Å². The largest absolute Gasteiger partial charge is 0.496 e. The maximum absolute atomic E-state index is 13.3. The second kappa shape index (κ2) is 6.69. The van der Waals surface area contributed by atoms with Crippen molar-refractivity contribution in [3.8, 4) is 5.75 Å². The fourth-order valence-corrected chi connectivity index (χ4v) is 2.21. The minimum absolute atomic E-state index is 0.256. The lowest BCUT2D eigenvalue weighted by Crippen LogP contribution is -2.21. The number of alkyl halides is 3. The molecule has 2 nitrogen and oxygen atoms in total. The highest BCUT2D eigenvalue weighted by molar-refractivity contribution is 5.46. The van der Waals surface area contributed by atoms with E-state index in [1.807, 2.05) is 6.92 Å². The van der Waals surface area contributed by atoms with Crippen LogP contribution in [0.5, 0.6) is 5.75 Å². The molecule has 1 rings (SSSR count). The summed E-state index contributed by atoms with van der Waals surface area (Å²) in [4.78, 5) is 0. The quantitative estimate of drug-likeness (QED) is 0.808. The Morgan fingerprint density at radius 3 is 2.14 bits per heavy atom. The van der Waals surface area contributed by atoms with Crippen LogP contribution in [0.4, 0.5) is 13.2 Å². The molecule has 1 N–H and O–H groups in total. The summed E-state index contributed by atoms with van der Waals surface area (Å²) in [7, 11) is 1.48. The van der Waals surface area contributed by atoms with E-state index in [1.54, 1.807) is 20.8 Å². The molecule has 0 aromatic heterocycles. The third-order valence-corrected chi connectivity index (χ3v) is 3.28. The molecular weight excluding hydrogens is 279 g/mol. The maximum Gasteiger partial charge on any atom is 0.416 e. The highest BCUT2D eigenvalue weighted by Crippen LogP contribution is 2.40. The number of halogens is 3. The minimum Gasteiger partial charge on any atom is -0.496 e. The molecule has 120 valence electrons. The SMILES string of the molecule is CCCNCc1cc(C(F)(F)F)c(C(C)(C)C)cc1OC. The van der Waals surface area contributed by atoms with E-state index in [0.29, 0.717) is 17.9 Å². The molecule has 0 atom stereocenters. The summed E-state index contributed by atoms with van der Waals surface area (Å²) in [5.74, 6) is 0.497. The number of nitrogens with one attached hydrogen (secondary N) is 1. The van der Waals surface area contributed by atoms with E-state index in [0.717, 1.165) is 13.0 Å². The van der Waals surface area contributed by atoms with Crippen LogP contribution < -0.4 is 10.1 Å². The zero-order chi connectivity index (χ0) is 16.3. The van der Waals surface area contributed by atoms with Crippen LogP contribution in [0.15, 0.2) is 12.1 Å². The van der Waals surface area contributed by atoms with E-state index >= 15 is 0 Å². The number of hydrogen-bond acceptors (Lipinski definition) is 2. The highest BCUT2D eigenvalue weighted by Gasteiger charge is 2.37. The van der Waals surface area contributed by atoms with Crippen molar-refractivity contribution in [2.24, 2.45) is 0 Å². The fourth-order valence-electron chi connectivity index (χ4n) is 2.21. The zero-order valence-corrected chi connectivity index (χ0v) is 13.3. The Kier molecular flexibility index (Phi) is 5.68. The van der Waals surface area contributed by atoms with Gasteiger partial charge in [-0.1, -0.05) is 27.7 Å². The van der Waals surface area contributed by atoms with Gasteiger partial charge in [0.1, 0.15) is 5.75 Å². The first-order valence-electron chi connectivity index (χ1n) is 7.10. The van der Waals surface area contributed by atoms with Crippen molar-refractivity contribution in [1.82, 2.24) is 5.32 Å². The van der Waals surface area contributed by atoms with E-state index < -0.39 is 17.2 Å². The number of hydrogen-bond donors (Lipinski definition) is 1. The summed E-state index contributed by atoms with van der Waals surface area (Å²) in [6.07, 6.45) is -3.44. The number of ether oxygens (including phenoxy) is 1. The molecular formula is C16H24F3NO. The smallest absolute Gasteiger partial charge is 0.416 e. The predicted molar refractivity (Wildman–Crippen MR) is 78.7 cm³/mol. The van der Waals surface area contributed by atoms with Crippen molar-refractivity contribution in [3.05, 3.63) is 28.8 Å². The van der Waals surface area contributed by atoms with Gasteiger partial charge in [0.25, 0.3) is 0 Å². The summed E-state index contributed by atoms with van der Waals surface area (Å²) in [6.45, 7) is 8.44. The standard InChI is InChI=1S/C16H24F3NO/c1-6-7-20-10-11-8-13(16(17,18)19)12(15(2,3)4)9-14(11)21-5/h8-9,20H,6-7,10H2,1-5H3. The molecule has 0 bridgehead atoms. The molecule has 0 spiro atoms. The van der Waals surface area contributed by atoms with E-state index in [-0.39, 0.29) is 5.56 Å². The average molecular weight is 303 g/mol. The molecule has 1 aromatic rings. The summed E-state index contributed by atoms with van der Waals surface area (Å²) < 4.78 is 45.2. The van der Waals surface area contributed by atoms with Gasteiger partial charge in [-0.3, -0.25) is 0 Å². The lowest BCUT2D eigenvalue weighted by molar-refractivity contribution is -0.138. The van der Waals surface area contributed by atoms with Crippen molar-refractivity contribution in [3.63, 3.8) is 0 Å². The van der Waals surface area contributed by atoms with Gasteiger partial charge in [0.2, 0.25) is 0 Å². The molecule has 0 unspecified atom stereocenters. The summed E-state index contributed by atoms with van der Waals surface area (Å²) in [6, 6.07) is 2.73. The van der Waals surface area contributed by atoms with Crippen LogP contribution in [0.3, 0.4) is 0 Å². The molecule has 1 aromatic carbocycles. The van der Waals surface area contributed by atoms with Crippen molar-refractivity contribution < 1.29 is 17.9 Å². The molecule has 0 amide bonds. The fraction of sp³-hybridized carbons (Fsp3) is 0.625. The summed E-state index contributed by atoms with van der Waals surface area (Å²) in [5, 5.41) is 3.12. The lowest BCUT2D eigenvalue weighted by atomic mass is 9.82. The van der Waals surface area contributed by atoms with Gasteiger partial charge >= 0.3 is 6.18 Å². The van der Waals surface area contributed by atoms with Gasteiger partial charge in [0.15, 0.2) is 0 Å². The van der Waals surface area contributed by atoms with Gasteiger partial charge in [-0.15, -0.1) is 0 Å². The topological polar surface area (TPSA) is 21.3 Å². The van der Waals surface area contributed by atoms with Crippen LogP contribution in [0.1, 0.15) is 50.8 Å². The third kappa shape index (κ3) is 4.63. The minimum atomic E-state index is -4.37. The first-order chi connectivity index (χ1) is 9.61. The Morgan fingerprint density at radius 2 is 1.71 bits per heavy atom. The summed E-state index contributed by atoms with van der Waals surface area (Å²) >= 11 is 0. The second-order valence-electron chi connectivity index (χ2n) is 6.13. The van der Waals surface area contributed by atoms with Crippen LogP contribution in [-0.4, -0.2) is 13.7 Å². The Balaban J connectivity index is 3.35. The summed E-state index contributed by atoms with van der Waals surface area (Å²) in [5.41, 5.74) is -0.394. The predicted octanol–water partition coefficient (Wildman–Crippen LogP) is 4.51. The number of rotatable bonds is 5. The monoisotopic (exact) mass is 303 g/mol. The van der Waals surface area contributed by atoms with Crippen LogP contribution in [0.25, 0.3) is 0 Å². The van der Waals surface area contributed by atoms with Gasteiger partial charge in [-0.2, -0.15) is 13.2 Å². The van der Waals surface area contributed by atoms with Crippen LogP contribution in [-0.2, 0) is 18.1 Å². The Bertz CT molecular complexity index is 476. The van der Waals surface area contributed by atoms with Crippen molar-refractivity contribution in [1.29, 1.82) is 0 Å².